The maximum absolute atomic E-state index is 12.8. The maximum Gasteiger partial charge on any atom is 0.243 e. The fraction of sp³-hybridized carbons (Fsp3) is 0.625. The van der Waals surface area contributed by atoms with Gasteiger partial charge in [0.2, 0.25) is 10.0 Å². The lowest BCUT2D eigenvalue weighted by Crippen LogP contribution is -2.44. The van der Waals surface area contributed by atoms with E-state index in [1.54, 1.807) is 35.7 Å². The van der Waals surface area contributed by atoms with Crippen LogP contribution in [0.5, 0.6) is 5.75 Å². The summed E-state index contributed by atoms with van der Waals surface area (Å²) in [5.74, 6) is 1.49. The number of fused-ring (bicyclic) bond motifs is 1. The van der Waals surface area contributed by atoms with Crippen molar-refractivity contribution in [3.63, 3.8) is 0 Å². The van der Waals surface area contributed by atoms with Crippen molar-refractivity contribution in [1.82, 2.24) is 4.31 Å². The van der Waals surface area contributed by atoms with E-state index >= 15 is 0 Å². The van der Waals surface area contributed by atoms with Crippen LogP contribution in [0.4, 0.5) is 0 Å². The number of piperidine rings is 1. The van der Waals surface area contributed by atoms with E-state index in [9.17, 15) is 8.42 Å². The minimum atomic E-state index is -3.43. The summed E-state index contributed by atoms with van der Waals surface area (Å²) in [5.41, 5.74) is 0. The number of methoxy groups -OCH3 is 1. The van der Waals surface area contributed by atoms with Gasteiger partial charge in [-0.15, -0.1) is 0 Å². The second-order valence-electron chi connectivity index (χ2n) is 6.03. The van der Waals surface area contributed by atoms with Crippen LogP contribution in [0.15, 0.2) is 29.2 Å². The Kier molecular flexibility index (Phi) is 4.43. The van der Waals surface area contributed by atoms with Gasteiger partial charge in [-0.05, 0) is 43.0 Å². The minimum absolute atomic E-state index is 0.302. The topological polar surface area (TPSA) is 55.8 Å². The molecule has 22 heavy (non-hydrogen) atoms. The normalized spacial score (nSPS) is 29.3. The van der Waals surface area contributed by atoms with Crippen LogP contribution in [0.3, 0.4) is 0 Å². The molecule has 122 valence electrons. The Balaban J connectivity index is 1.76. The highest BCUT2D eigenvalue weighted by Gasteiger charge is 2.42. The van der Waals surface area contributed by atoms with Crippen molar-refractivity contribution in [1.29, 1.82) is 0 Å². The van der Waals surface area contributed by atoms with Crippen molar-refractivity contribution in [3.05, 3.63) is 24.3 Å². The second-order valence-corrected chi connectivity index (χ2v) is 7.97. The lowest BCUT2D eigenvalue weighted by molar-refractivity contribution is 0.0850. The number of sulfonamides is 1. The third-order valence-corrected chi connectivity index (χ3v) is 6.74. The molecule has 0 N–H and O–H groups in total. The van der Waals surface area contributed by atoms with Gasteiger partial charge in [-0.25, -0.2) is 8.42 Å². The Morgan fingerprint density at radius 3 is 2.68 bits per heavy atom. The minimum Gasteiger partial charge on any atom is -0.497 e. The van der Waals surface area contributed by atoms with E-state index in [0.29, 0.717) is 48.3 Å². The lowest BCUT2D eigenvalue weighted by Gasteiger charge is -2.34. The average Bonchev–Trinajstić information content (AvgIpc) is 2.97. The zero-order chi connectivity index (χ0) is 15.7. The van der Waals surface area contributed by atoms with Gasteiger partial charge < -0.3 is 9.47 Å². The third-order valence-electron chi connectivity index (χ3n) is 4.86. The van der Waals surface area contributed by atoms with Crippen LogP contribution in [-0.4, -0.2) is 45.6 Å². The highest BCUT2D eigenvalue weighted by atomic mass is 32.2. The maximum atomic E-state index is 12.8. The Morgan fingerprint density at radius 1 is 1.32 bits per heavy atom. The number of hydrogen-bond donors (Lipinski definition) is 0. The summed E-state index contributed by atoms with van der Waals surface area (Å²) in [5, 5.41) is 0. The highest BCUT2D eigenvalue weighted by Crippen LogP contribution is 2.37. The van der Waals surface area contributed by atoms with Crippen LogP contribution in [0.25, 0.3) is 0 Å². The quantitative estimate of drug-likeness (QED) is 0.851. The zero-order valence-corrected chi connectivity index (χ0v) is 13.9. The van der Waals surface area contributed by atoms with Crippen LogP contribution in [0, 0.1) is 11.8 Å². The SMILES string of the molecule is CC[C@H]1OC[C@H]2CN(S(=O)(=O)c3ccc(OC)cc3)CC[C@H]21. The van der Waals surface area contributed by atoms with E-state index in [2.05, 4.69) is 6.92 Å². The van der Waals surface area contributed by atoms with Crippen molar-refractivity contribution in [2.45, 2.75) is 30.8 Å². The molecule has 2 fully saturated rings. The molecule has 0 radical (unpaired) electrons. The molecule has 1 aromatic carbocycles. The van der Waals surface area contributed by atoms with Crippen LogP contribution in [0.1, 0.15) is 19.8 Å². The smallest absolute Gasteiger partial charge is 0.243 e. The molecule has 2 saturated heterocycles. The number of rotatable bonds is 4. The zero-order valence-electron chi connectivity index (χ0n) is 13.1. The van der Waals surface area contributed by atoms with Crippen molar-refractivity contribution < 1.29 is 17.9 Å². The van der Waals surface area contributed by atoms with Crippen molar-refractivity contribution >= 4 is 10.0 Å². The molecule has 0 aliphatic carbocycles. The number of benzene rings is 1. The van der Waals surface area contributed by atoms with E-state index < -0.39 is 10.0 Å². The summed E-state index contributed by atoms with van der Waals surface area (Å²) < 4.78 is 38.0. The van der Waals surface area contributed by atoms with Gasteiger partial charge in [0.1, 0.15) is 5.75 Å². The van der Waals surface area contributed by atoms with Gasteiger partial charge in [-0.1, -0.05) is 6.92 Å². The standard InChI is InChI=1S/C16H23NO4S/c1-3-16-15-8-9-17(10-12(15)11-21-16)22(18,19)14-6-4-13(20-2)5-7-14/h4-7,12,15-16H,3,8-11H2,1-2H3/t12-,15-,16-/m1/s1. The molecule has 6 heteroatoms. The predicted octanol–water partition coefficient (Wildman–Crippen LogP) is 2.13. The molecule has 0 saturated carbocycles. The highest BCUT2D eigenvalue weighted by molar-refractivity contribution is 7.89. The largest absolute Gasteiger partial charge is 0.497 e. The molecule has 3 rings (SSSR count). The first-order valence-electron chi connectivity index (χ1n) is 7.82. The van der Waals surface area contributed by atoms with Gasteiger partial charge in [-0.2, -0.15) is 4.31 Å². The Morgan fingerprint density at radius 2 is 2.05 bits per heavy atom. The molecule has 1 aromatic rings. The van der Waals surface area contributed by atoms with Gasteiger partial charge in [0.05, 0.1) is 24.7 Å². The number of ether oxygens (including phenoxy) is 2. The van der Waals surface area contributed by atoms with Crippen LogP contribution < -0.4 is 4.74 Å². The van der Waals surface area contributed by atoms with Crippen LogP contribution in [-0.2, 0) is 14.8 Å². The molecule has 0 amide bonds. The molecular formula is C16H23NO4S. The van der Waals surface area contributed by atoms with Crippen molar-refractivity contribution in [2.75, 3.05) is 26.8 Å². The average molecular weight is 325 g/mol. The molecular weight excluding hydrogens is 302 g/mol. The van der Waals surface area contributed by atoms with Gasteiger partial charge in [0, 0.05) is 19.0 Å². The first kappa shape index (κ1) is 15.8. The third kappa shape index (κ3) is 2.75. The fourth-order valence-electron chi connectivity index (χ4n) is 3.59. The van der Waals surface area contributed by atoms with E-state index in [1.807, 2.05) is 0 Å². The van der Waals surface area contributed by atoms with Gasteiger partial charge in [0.25, 0.3) is 0 Å². The summed E-state index contributed by atoms with van der Waals surface area (Å²) in [7, 11) is -1.86. The number of hydrogen-bond acceptors (Lipinski definition) is 4. The summed E-state index contributed by atoms with van der Waals surface area (Å²) in [6.07, 6.45) is 2.20. The lowest BCUT2D eigenvalue weighted by atomic mass is 9.84. The van der Waals surface area contributed by atoms with Crippen LogP contribution in [0.2, 0.25) is 0 Å². The summed E-state index contributed by atoms with van der Waals surface area (Å²) in [6.45, 7) is 3.95. The molecule has 5 nitrogen and oxygen atoms in total. The van der Waals surface area contributed by atoms with Gasteiger partial charge in [-0.3, -0.25) is 0 Å². The number of nitrogens with zero attached hydrogens (tertiary/aromatic N) is 1. The monoisotopic (exact) mass is 325 g/mol. The fourth-order valence-corrected chi connectivity index (χ4v) is 5.10. The molecule has 0 bridgehead atoms. The van der Waals surface area contributed by atoms with E-state index in [-0.39, 0.29) is 0 Å². The Bertz CT molecular complexity index is 614. The summed E-state index contributed by atoms with van der Waals surface area (Å²) in [6, 6.07) is 6.59. The molecule has 0 aromatic heterocycles. The second kappa shape index (κ2) is 6.18. The van der Waals surface area contributed by atoms with E-state index in [4.69, 9.17) is 9.47 Å². The molecule has 3 atom stereocenters. The van der Waals surface area contributed by atoms with Gasteiger partial charge >= 0.3 is 0 Å². The summed E-state index contributed by atoms with van der Waals surface area (Å²) in [4.78, 5) is 0.331. The van der Waals surface area contributed by atoms with Crippen LogP contribution >= 0.6 is 0 Å². The molecule has 2 heterocycles. The van der Waals surface area contributed by atoms with Gasteiger partial charge in [0.15, 0.2) is 0 Å². The first-order valence-corrected chi connectivity index (χ1v) is 9.26. The molecule has 2 aliphatic heterocycles. The van der Waals surface area contributed by atoms with Crippen molar-refractivity contribution in [2.24, 2.45) is 11.8 Å². The Labute approximate surface area is 132 Å². The molecule has 2 aliphatic rings. The van der Waals surface area contributed by atoms with E-state index in [1.165, 1.54) is 0 Å². The van der Waals surface area contributed by atoms with E-state index in [0.717, 1.165) is 12.8 Å². The molecule has 0 unspecified atom stereocenters. The summed E-state index contributed by atoms with van der Waals surface area (Å²) >= 11 is 0. The van der Waals surface area contributed by atoms with Crippen molar-refractivity contribution in [3.8, 4) is 5.75 Å². The first-order chi connectivity index (χ1) is 10.6. The Hall–Kier alpha value is -1.11. The predicted molar refractivity (Wildman–Crippen MR) is 83.4 cm³/mol. The molecule has 0 spiro atoms.